The topological polar surface area (TPSA) is 104 Å². The van der Waals surface area contributed by atoms with E-state index in [4.69, 9.17) is 23.2 Å². The maximum absolute atomic E-state index is 13.2. The van der Waals surface area contributed by atoms with Crippen LogP contribution in [0.25, 0.3) is 0 Å². The molecule has 1 aliphatic heterocycles. The third-order valence-electron chi connectivity index (χ3n) is 5.33. The van der Waals surface area contributed by atoms with Crippen LogP contribution < -0.4 is 5.32 Å². The first-order valence-electron chi connectivity index (χ1n) is 9.74. The molecule has 0 saturated carbocycles. The number of amides is 1. The van der Waals surface area contributed by atoms with E-state index in [1.807, 2.05) is 0 Å². The Labute approximate surface area is 195 Å². The first-order valence-corrected chi connectivity index (χ1v) is 11.9. The largest absolute Gasteiger partial charge is 0.480 e. The van der Waals surface area contributed by atoms with Crippen LogP contribution in [0.15, 0.2) is 47.4 Å². The van der Waals surface area contributed by atoms with E-state index in [-0.39, 0.29) is 33.8 Å². The quantitative estimate of drug-likeness (QED) is 0.604. The molecule has 32 heavy (non-hydrogen) atoms. The lowest BCUT2D eigenvalue weighted by Crippen LogP contribution is -2.53. The highest BCUT2D eigenvalue weighted by Gasteiger charge is 2.44. The Morgan fingerprint density at radius 3 is 2.34 bits per heavy atom. The summed E-state index contributed by atoms with van der Waals surface area (Å²) in [4.78, 5) is 24.6. The van der Waals surface area contributed by atoms with Crippen LogP contribution in [-0.4, -0.2) is 48.3 Å². The van der Waals surface area contributed by atoms with Gasteiger partial charge in [-0.1, -0.05) is 42.3 Å². The summed E-state index contributed by atoms with van der Waals surface area (Å²) in [6.07, 6.45) is 0.334. The summed E-state index contributed by atoms with van der Waals surface area (Å²) in [5.41, 5.74) is 0.511. The van der Waals surface area contributed by atoms with Crippen LogP contribution >= 0.6 is 23.2 Å². The maximum atomic E-state index is 13.2. The molecule has 172 valence electrons. The van der Waals surface area contributed by atoms with Gasteiger partial charge in [-0.2, -0.15) is 4.31 Å². The molecule has 0 spiro atoms. The molecule has 3 atom stereocenters. The number of aliphatic carboxylic acids is 1. The van der Waals surface area contributed by atoms with Gasteiger partial charge in [0, 0.05) is 23.0 Å². The zero-order chi connectivity index (χ0) is 23.6. The molecule has 2 aromatic rings. The normalized spacial score (nSPS) is 20.1. The number of halogens is 3. The smallest absolute Gasteiger partial charge is 0.326 e. The number of hydrogen-bond donors (Lipinski definition) is 2. The minimum Gasteiger partial charge on any atom is -0.480 e. The van der Waals surface area contributed by atoms with E-state index in [9.17, 15) is 27.5 Å². The van der Waals surface area contributed by atoms with E-state index in [0.29, 0.717) is 12.0 Å². The van der Waals surface area contributed by atoms with Crippen LogP contribution in [0.2, 0.25) is 10.0 Å². The predicted molar refractivity (Wildman–Crippen MR) is 118 cm³/mol. The molecule has 0 bridgehead atoms. The van der Waals surface area contributed by atoms with Crippen molar-refractivity contribution in [1.82, 2.24) is 9.62 Å². The lowest BCUT2D eigenvalue weighted by atomic mass is 10.0. The Balaban J connectivity index is 1.84. The fourth-order valence-corrected chi connectivity index (χ4v) is 6.12. The molecular formula is C21H21Cl2FN2O5S. The summed E-state index contributed by atoms with van der Waals surface area (Å²) in [5, 5.41) is 12.3. The van der Waals surface area contributed by atoms with Crippen LogP contribution in [0, 0.1) is 11.7 Å². The lowest BCUT2D eigenvalue weighted by Gasteiger charge is -2.27. The average molecular weight is 503 g/mol. The molecule has 2 N–H and O–H groups in total. The van der Waals surface area contributed by atoms with Gasteiger partial charge < -0.3 is 10.4 Å². The second-order valence-corrected chi connectivity index (χ2v) is 10.4. The highest BCUT2D eigenvalue weighted by molar-refractivity contribution is 7.89. The summed E-state index contributed by atoms with van der Waals surface area (Å²) in [7, 11) is -4.12. The fourth-order valence-electron chi connectivity index (χ4n) is 3.70. The Bertz CT molecular complexity index is 1110. The van der Waals surface area contributed by atoms with Crippen molar-refractivity contribution >= 4 is 45.1 Å². The zero-order valence-electron chi connectivity index (χ0n) is 17.0. The number of carboxylic acid groups (broad SMARTS) is 1. The third-order valence-corrected chi connectivity index (χ3v) is 7.63. The monoisotopic (exact) mass is 502 g/mol. The number of carbonyl (C=O) groups excluding carboxylic acids is 1. The first kappa shape index (κ1) is 24.4. The van der Waals surface area contributed by atoms with Gasteiger partial charge in [-0.15, -0.1) is 0 Å². The summed E-state index contributed by atoms with van der Waals surface area (Å²) in [6, 6.07) is 6.71. The van der Waals surface area contributed by atoms with Crippen molar-refractivity contribution in [3.05, 3.63) is 63.9 Å². The molecule has 0 radical (unpaired) electrons. The molecule has 1 amide bonds. The van der Waals surface area contributed by atoms with Crippen LogP contribution in [0.4, 0.5) is 4.39 Å². The van der Waals surface area contributed by atoms with Crippen molar-refractivity contribution in [2.24, 2.45) is 5.92 Å². The summed E-state index contributed by atoms with van der Waals surface area (Å²) < 4.78 is 40.6. The molecule has 1 fully saturated rings. The number of nitrogens with one attached hydrogen (secondary N) is 1. The number of sulfonamides is 1. The summed E-state index contributed by atoms with van der Waals surface area (Å²) in [5.74, 6) is -2.82. The zero-order valence-corrected chi connectivity index (χ0v) is 19.3. The van der Waals surface area contributed by atoms with Gasteiger partial charge in [0.2, 0.25) is 15.9 Å². The van der Waals surface area contributed by atoms with Crippen LogP contribution in [0.3, 0.4) is 0 Å². The van der Waals surface area contributed by atoms with Crippen molar-refractivity contribution in [3.8, 4) is 0 Å². The molecular weight excluding hydrogens is 482 g/mol. The molecule has 1 aliphatic rings. The second kappa shape index (κ2) is 9.74. The van der Waals surface area contributed by atoms with Crippen LogP contribution in [-0.2, 0) is 26.0 Å². The Morgan fingerprint density at radius 1 is 1.19 bits per heavy atom. The van der Waals surface area contributed by atoms with E-state index in [2.05, 4.69) is 5.32 Å². The SMILES string of the molecule is C[C@H]1CCN(S(=O)(=O)c2cc(Cl)cc(Cl)c2)C1C(=O)NC(Cc1ccc(F)cc1)C(=O)O. The summed E-state index contributed by atoms with van der Waals surface area (Å²) >= 11 is 11.9. The molecule has 3 rings (SSSR count). The van der Waals surface area contributed by atoms with E-state index < -0.39 is 39.8 Å². The number of carboxylic acids is 1. The maximum Gasteiger partial charge on any atom is 0.326 e. The van der Waals surface area contributed by atoms with Crippen molar-refractivity contribution in [1.29, 1.82) is 0 Å². The molecule has 11 heteroatoms. The molecule has 0 aliphatic carbocycles. The number of hydrogen-bond acceptors (Lipinski definition) is 4. The van der Waals surface area contributed by atoms with Gasteiger partial charge in [0.05, 0.1) is 4.90 Å². The highest BCUT2D eigenvalue weighted by Crippen LogP contribution is 2.32. The molecule has 2 unspecified atom stereocenters. The number of benzene rings is 2. The molecule has 2 aromatic carbocycles. The molecule has 1 heterocycles. The van der Waals surface area contributed by atoms with Gasteiger partial charge in [0.25, 0.3) is 0 Å². The predicted octanol–water partition coefficient (Wildman–Crippen LogP) is 3.34. The van der Waals surface area contributed by atoms with E-state index >= 15 is 0 Å². The van der Waals surface area contributed by atoms with E-state index in [1.54, 1.807) is 6.92 Å². The van der Waals surface area contributed by atoms with Gasteiger partial charge in [-0.05, 0) is 48.2 Å². The molecule has 7 nitrogen and oxygen atoms in total. The van der Waals surface area contributed by atoms with Crippen molar-refractivity contribution in [2.75, 3.05) is 6.54 Å². The third kappa shape index (κ3) is 5.40. The number of rotatable bonds is 7. The fraction of sp³-hybridized carbons (Fsp3) is 0.333. The van der Waals surface area contributed by atoms with Gasteiger partial charge in [0.1, 0.15) is 17.9 Å². The van der Waals surface area contributed by atoms with Gasteiger partial charge in [0.15, 0.2) is 0 Å². The van der Waals surface area contributed by atoms with E-state index in [0.717, 1.165) is 4.31 Å². The first-order chi connectivity index (χ1) is 15.0. The second-order valence-electron chi connectivity index (χ2n) is 7.66. The highest BCUT2D eigenvalue weighted by atomic mass is 35.5. The van der Waals surface area contributed by atoms with Crippen LogP contribution in [0.5, 0.6) is 0 Å². The van der Waals surface area contributed by atoms with Gasteiger partial charge in [-0.25, -0.2) is 17.6 Å². The molecule has 0 aromatic heterocycles. The summed E-state index contributed by atoms with van der Waals surface area (Å²) in [6.45, 7) is 1.81. The van der Waals surface area contributed by atoms with Crippen molar-refractivity contribution in [3.63, 3.8) is 0 Å². The Hall–Kier alpha value is -2.20. The van der Waals surface area contributed by atoms with E-state index in [1.165, 1.54) is 42.5 Å². The van der Waals surface area contributed by atoms with Crippen LogP contribution in [0.1, 0.15) is 18.9 Å². The van der Waals surface area contributed by atoms with Gasteiger partial charge >= 0.3 is 5.97 Å². The minimum absolute atomic E-state index is 0.0842. The minimum atomic E-state index is -4.12. The Kier molecular flexibility index (Phi) is 7.44. The Morgan fingerprint density at radius 2 is 1.78 bits per heavy atom. The van der Waals surface area contributed by atoms with Crippen molar-refractivity contribution in [2.45, 2.75) is 36.7 Å². The lowest BCUT2D eigenvalue weighted by molar-refractivity contribution is -0.142. The average Bonchev–Trinajstić information content (AvgIpc) is 3.10. The number of nitrogens with zero attached hydrogens (tertiary/aromatic N) is 1. The molecule has 1 saturated heterocycles. The standard InChI is InChI=1S/C21H21Cl2FN2O5S/c1-12-6-7-26(32(30,31)17-10-14(22)9-15(23)11-17)19(12)20(27)25-18(21(28)29)8-13-2-4-16(24)5-3-13/h2-5,9-12,18-19H,6-8H2,1H3,(H,25,27)(H,28,29)/t12-,18?,19?/m0/s1. The van der Waals surface area contributed by atoms with Gasteiger partial charge in [-0.3, -0.25) is 4.79 Å². The number of carbonyl (C=O) groups is 2. The van der Waals surface area contributed by atoms with Crippen molar-refractivity contribution < 1.29 is 27.5 Å².